The monoisotopic (exact) mass is 419 g/mol. The number of methoxy groups -OCH3 is 2. The molecular formula is C22H37N5O3. The highest BCUT2D eigenvalue weighted by atomic mass is 16.5. The van der Waals surface area contributed by atoms with E-state index in [0.717, 1.165) is 43.1 Å². The highest BCUT2D eigenvalue weighted by molar-refractivity contribution is 5.84. The van der Waals surface area contributed by atoms with Crippen LogP contribution in [-0.4, -0.2) is 88.7 Å². The number of ether oxygens (including phenoxy) is 2. The van der Waals surface area contributed by atoms with Crippen LogP contribution in [-0.2, 0) is 11.2 Å². The SMILES string of the molecule is CCN1CCCC1CNC(=NCC(=O)N(C)C)NCCc1ccc(OC)c(OC)c1. The summed E-state index contributed by atoms with van der Waals surface area (Å²) < 4.78 is 10.7. The third kappa shape index (κ3) is 7.09. The molecule has 168 valence electrons. The summed E-state index contributed by atoms with van der Waals surface area (Å²) in [4.78, 5) is 20.5. The zero-order chi connectivity index (χ0) is 21.9. The molecule has 1 atom stereocenters. The second-order valence-electron chi connectivity index (χ2n) is 7.62. The minimum Gasteiger partial charge on any atom is -0.493 e. The first kappa shape index (κ1) is 23.8. The van der Waals surface area contributed by atoms with Gasteiger partial charge in [-0.2, -0.15) is 0 Å². The Morgan fingerprint density at radius 3 is 2.67 bits per heavy atom. The van der Waals surface area contributed by atoms with Crippen LogP contribution in [0.5, 0.6) is 11.5 Å². The van der Waals surface area contributed by atoms with E-state index in [1.165, 1.54) is 12.8 Å². The predicted octanol–water partition coefficient (Wildman–Crippen LogP) is 1.35. The third-order valence-electron chi connectivity index (χ3n) is 5.44. The molecule has 1 fully saturated rings. The molecule has 1 amide bonds. The molecule has 1 aromatic carbocycles. The highest BCUT2D eigenvalue weighted by Crippen LogP contribution is 2.27. The second-order valence-corrected chi connectivity index (χ2v) is 7.62. The van der Waals surface area contributed by atoms with E-state index >= 15 is 0 Å². The quantitative estimate of drug-likeness (QED) is 0.440. The summed E-state index contributed by atoms with van der Waals surface area (Å²) in [5, 5.41) is 6.79. The Morgan fingerprint density at radius 1 is 1.23 bits per heavy atom. The van der Waals surface area contributed by atoms with E-state index in [2.05, 4.69) is 27.4 Å². The van der Waals surface area contributed by atoms with Gasteiger partial charge >= 0.3 is 0 Å². The van der Waals surface area contributed by atoms with Crippen molar-refractivity contribution in [3.05, 3.63) is 23.8 Å². The van der Waals surface area contributed by atoms with E-state index in [1.54, 1.807) is 33.2 Å². The van der Waals surface area contributed by atoms with Crippen molar-refractivity contribution in [2.24, 2.45) is 4.99 Å². The lowest BCUT2D eigenvalue weighted by molar-refractivity contribution is -0.127. The van der Waals surface area contributed by atoms with Crippen molar-refractivity contribution in [3.8, 4) is 11.5 Å². The van der Waals surface area contributed by atoms with Gasteiger partial charge in [0.15, 0.2) is 17.5 Å². The van der Waals surface area contributed by atoms with Gasteiger partial charge in [0.1, 0.15) is 6.54 Å². The van der Waals surface area contributed by atoms with E-state index in [-0.39, 0.29) is 12.5 Å². The van der Waals surface area contributed by atoms with Gasteiger partial charge in [0.05, 0.1) is 14.2 Å². The van der Waals surface area contributed by atoms with Gasteiger partial charge in [0.2, 0.25) is 5.91 Å². The lowest BCUT2D eigenvalue weighted by Crippen LogP contribution is -2.45. The molecule has 1 heterocycles. The molecule has 0 bridgehead atoms. The molecule has 2 N–H and O–H groups in total. The number of benzene rings is 1. The van der Waals surface area contributed by atoms with Gasteiger partial charge in [-0.3, -0.25) is 9.69 Å². The first-order valence-corrected chi connectivity index (χ1v) is 10.7. The summed E-state index contributed by atoms with van der Waals surface area (Å²) in [6.45, 7) is 6.06. The van der Waals surface area contributed by atoms with Crippen LogP contribution < -0.4 is 20.1 Å². The molecule has 0 aliphatic carbocycles. The van der Waals surface area contributed by atoms with Gasteiger partial charge in [-0.15, -0.1) is 0 Å². The second kappa shape index (κ2) is 12.3. The zero-order valence-electron chi connectivity index (χ0n) is 19.0. The van der Waals surface area contributed by atoms with E-state index in [1.807, 2.05) is 18.2 Å². The van der Waals surface area contributed by atoms with Gasteiger partial charge in [0.25, 0.3) is 0 Å². The molecule has 0 spiro atoms. The minimum absolute atomic E-state index is 0.0213. The van der Waals surface area contributed by atoms with Crippen LogP contribution in [0.3, 0.4) is 0 Å². The van der Waals surface area contributed by atoms with Crippen LogP contribution in [0.25, 0.3) is 0 Å². The largest absolute Gasteiger partial charge is 0.493 e. The number of nitrogens with one attached hydrogen (secondary N) is 2. The summed E-state index contributed by atoms with van der Waals surface area (Å²) in [6, 6.07) is 6.44. The molecule has 8 nitrogen and oxygen atoms in total. The maximum Gasteiger partial charge on any atom is 0.243 e. The zero-order valence-corrected chi connectivity index (χ0v) is 19.0. The van der Waals surface area contributed by atoms with Gasteiger partial charge in [-0.25, -0.2) is 4.99 Å². The molecule has 2 rings (SSSR count). The Hall–Kier alpha value is -2.48. The summed E-state index contributed by atoms with van der Waals surface area (Å²) >= 11 is 0. The summed E-state index contributed by atoms with van der Waals surface area (Å²) in [5.41, 5.74) is 1.14. The fraction of sp³-hybridized carbons (Fsp3) is 0.636. The van der Waals surface area contributed by atoms with Crippen molar-refractivity contribution in [1.29, 1.82) is 0 Å². The first-order chi connectivity index (χ1) is 14.5. The summed E-state index contributed by atoms with van der Waals surface area (Å²) in [6.07, 6.45) is 3.22. The molecule has 1 aliphatic rings. The van der Waals surface area contributed by atoms with Crippen LogP contribution >= 0.6 is 0 Å². The van der Waals surface area contributed by atoms with Crippen LogP contribution in [0.15, 0.2) is 23.2 Å². The van der Waals surface area contributed by atoms with Crippen molar-refractivity contribution in [1.82, 2.24) is 20.4 Å². The van der Waals surface area contributed by atoms with Crippen LogP contribution in [0, 0.1) is 0 Å². The number of likely N-dealkylation sites (N-methyl/N-ethyl adjacent to an activating group) is 2. The Kier molecular flexibility index (Phi) is 9.73. The van der Waals surface area contributed by atoms with Crippen molar-refractivity contribution in [2.45, 2.75) is 32.2 Å². The van der Waals surface area contributed by atoms with Gasteiger partial charge < -0.3 is 25.0 Å². The average Bonchev–Trinajstić information content (AvgIpc) is 3.22. The average molecular weight is 420 g/mol. The first-order valence-electron chi connectivity index (χ1n) is 10.7. The number of hydrogen-bond donors (Lipinski definition) is 2. The molecule has 0 radical (unpaired) electrons. The number of aliphatic imine (C=N–C) groups is 1. The van der Waals surface area contributed by atoms with Crippen LogP contribution in [0.2, 0.25) is 0 Å². The van der Waals surface area contributed by atoms with E-state index < -0.39 is 0 Å². The molecule has 30 heavy (non-hydrogen) atoms. The molecule has 1 aliphatic heterocycles. The normalized spacial score (nSPS) is 17.0. The van der Waals surface area contributed by atoms with Crippen LogP contribution in [0.1, 0.15) is 25.3 Å². The number of guanidine groups is 1. The number of nitrogens with zero attached hydrogens (tertiary/aromatic N) is 3. The highest BCUT2D eigenvalue weighted by Gasteiger charge is 2.22. The van der Waals surface area contributed by atoms with Crippen molar-refractivity contribution in [2.75, 3.05) is 61.0 Å². The molecule has 0 aromatic heterocycles. The maximum absolute atomic E-state index is 12.0. The number of likely N-dealkylation sites (tertiary alicyclic amines) is 1. The van der Waals surface area contributed by atoms with E-state index in [4.69, 9.17) is 9.47 Å². The summed E-state index contributed by atoms with van der Waals surface area (Å²) in [7, 11) is 6.76. The number of amides is 1. The van der Waals surface area contributed by atoms with Gasteiger partial charge in [-0.05, 0) is 50.0 Å². The van der Waals surface area contributed by atoms with Gasteiger partial charge in [-0.1, -0.05) is 13.0 Å². The molecule has 1 unspecified atom stereocenters. The standard InChI is InChI=1S/C22H37N5O3/c1-6-27-13-7-8-18(27)15-24-22(25-16-21(28)26(2)3)23-12-11-17-9-10-19(29-4)20(14-17)30-5/h9-10,14,18H,6-8,11-13,15-16H2,1-5H3,(H2,23,24,25). The summed E-state index contributed by atoms with van der Waals surface area (Å²) in [5.74, 6) is 2.09. The lowest BCUT2D eigenvalue weighted by Gasteiger charge is -2.24. The maximum atomic E-state index is 12.0. The molecule has 1 aromatic rings. The van der Waals surface area contributed by atoms with E-state index in [0.29, 0.717) is 18.5 Å². The third-order valence-corrected chi connectivity index (χ3v) is 5.44. The Labute approximate surface area is 180 Å². The van der Waals surface area contributed by atoms with Crippen molar-refractivity contribution in [3.63, 3.8) is 0 Å². The fourth-order valence-electron chi connectivity index (χ4n) is 3.58. The molecular weight excluding hydrogens is 382 g/mol. The Morgan fingerprint density at radius 2 is 2.00 bits per heavy atom. The lowest BCUT2D eigenvalue weighted by atomic mass is 10.1. The molecule has 0 saturated carbocycles. The smallest absolute Gasteiger partial charge is 0.243 e. The number of rotatable bonds is 10. The Balaban J connectivity index is 1.94. The number of hydrogen-bond acceptors (Lipinski definition) is 5. The molecule has 1 saturated heterocycles. The predicted molar refractivity (Wildman–Crippen MR) is 121 cm³/mol. The molecule has 8 heteroatoms. The van der Waals surface area contributed by atoms with Crippen molar-refractivity contribution < 1.29 is 14.3 Å². The van der Waals surface area contributed by atoms with E-state index in [9.17, 15) is 4.79 Å². The van der Waals surface area contributed by atoms with Crippen LogP contribution in [0.4, 0.5) is 0 Å². The van der Waals surface area contributed by atoms with Gasteiger partial charge in [0, 0.05) is 33.2 Å². The fourth-order valence-corrected chi connectivity index (χ4v) is 3.58. The minimum atomic E-state index is -0.0213. The number of carbonyl (C=O) groups is 1. The topological polar surface area (TPSA) is 78.4 Å². The Bertz CT molecular complexity index is 708. The van der Waals surface area contributed by atoms with Crippen molar-refractivity contribution >= 4 is 11.9 Å². The number of carbonyl (C=O) groups excluding carboxylic acids is 1.